The minimum Gasteiger partial charge on any atom is -0.354 e. The van der Waals surface area contributed by atoms with Gasteiger partial charge in [-0.15, -0.1) is 11.3 Å². The lowest BCUT2D eigenvalue weighted by Gasteiger charge is -2.28. The van der Waals surface area contributed by atoms with E-state index in [2.05, 4.69) is 38.7 Å². The van der Waals surface area contributed by atoms with Crippen LogP contribution in [-0.2, 0) is 4.79 Å². The Morgan fingerprint density at radius 1 is 1.00 bits per heavy atom. The molecule has 4 heterocycles. The van der Waals surface area contributed by atoms with Gasteiger partial charge in [-0.05, 0) is 29.3 Å². The zero-order chi connectivity index (χ0) is 24.3. The lowest BCUT2D eigenvalue weighted by molar-refractivity contribution is -0.118. The van der Waals surface area contributed by atoms with Gasteiger partial charge >= 0.3 is 0 Å². The fourth-order valence-electron chi connectivity index (χ4n) is 4.50. The molecule has 1 aliphatic heterocycles. The largest absolute Gasteiger partial charge is 0.354 e. The summed E-state index contributed by atoms with van der Waals surface area (Å²) in [7, 11) is 0. The number of rotatable bonds is 6. The summed E-state index contributed by atoms with van der Waals surface area (Å²) in [6.45, 7) is 3.89. The average Bonchev–Trinajstić information content (AvgIpc) is 3.59. The van der Waals surface area contributed by atoms with Crippen molar-refractivity contribution in [2.75, 3.05) is 36.4 Å². The van der Waals surface area contributed by atoms with Crippen LogP contribution in [0.4, 0.5) is 10.9 Å². The Balaban J connectivity index is 1.30. The first-order chi connectivity index (χ1) is 17.7. The molecule has 0 bridgehead atoms. The number of carbonyl (C=O) groups excluding carboxylic acids is 1. The van der Waals surface area contributed by atoms with Gasteiger partial charge in [0.05, 0.1) is 5.52 Å². The molecule has 3 aromatic heterocycles. The Hall–Kier alpha value is -4.08. The lowest BCUT2D eigenvalue weighted by atomic mass is 10.1. The van der Waals surface area contributed by atoms with Crippen molar-refractivity contribution >= 4 is 39.1 Å². The highest BCUT2D eigenvalue weighted by atomic mass is 32.1. The summed E-state index contributed by atoms with van der Waals surface area (Å²) in [6, 6.07) is 19.4. The van der Waals surface area contributed by atoms with Gasteiger partial charge in [-0.25, -0.2) is 9.97 Å². The number of aromatic nitrogens is 4. The van der Waals surface area contributed by atoms with E-state index in [9.17, 15) is 4.79 Å². The molecule has 0 radical (unpaired) electrons. The molecule has 8 nitrogen and oxygen atoms in total. The third-order valence-corrected chi connectivity index (χ3v) is 7.03. The van der Waals surface area contributed by atoms with Gasteiger partial charge in [0.1, 0.15) is 5.82 Å². The van der Waals surface area contributed by atoms with Crippen LogP contribution < -0.4 is 15.5 Å². The maximum absolute atomic E-state index is 13.3. The van der Waals surface area contributed by atoms with E-state index in [0.29, 0.717) is 5.13 Å². The van der Waals surface area contributed by atoms with E-state index in [1.807, 2.05) is 60.2 Å². The highest BCUT2D eigenvalue weighted by Gasteiger charge is 2.25. The maximum Gasteiger partial charge on any atom is 0.255 e. The topological polar surface area (TPSA) is 88.0 Å². The first-order valence-corrected chi connectivity index (χ1v) is 12.8. The first-order valence-electron chi connectivity index (χ1n) is 11.9. The molecule has 0 aliphatic carbocycles. The third kappa shape index (κ3) is 4.58. The zero-order valence-corrected chi connectivity index (χ0v) is 20.4. The van der Waals surface area contributed by atoms with Crippen LogP contribution in [0.1, 0.15) is 11.6 Å². The molecule has 0 spiro atoms. The van der Waals surface area contributed by atoms with Crippen LogP contribution in [-0.4, -0.2) is 51.8 Å². The second-order valence-corrected chi connectivity index (χ2v) is 9.56. The summed E-state index contributed by atoms with van der Waals surface area (Å²) < 4.78 is 1.73. The van der Waals surface area contributed by atoms with Crippen molar-refractivity contribution in [2.24, 2.45) is 0 Å². The van der Waals surface area contributed by atoms with E-state index in [-0.39, 0.29) is 5.91 Å². The first kappa shape index (κ1) is 22.4. The van der Waals surface area contributed by atoms with E-state index in [1.54, 1.807) is 10.9 Å². The molecule has 36 heavy (non-hydrogen) atoms. The van der Waals surface area contributed by atoms with E-state index in [0.717, 1.165) is 59.6 Å². The number of amides is 1. The monoisotopic (exact) mass is 495 g/mol. The zero-order valence-electron chi connectivity index (χ0n) is 19.5. The van der Waals surface area contributed by atoms with Crippen LogP contribution in [0, 0.1) is 0 Å². The van der Waals surface area contributed by atoms with E-state index >= 15 is 0 Å². The van der Waals surface area contributed by atoms with Gasteiger partial charge in [-0.3, -0.25) is 14.8 Å². The van der Waals surface area contributed by atoms with Crippen LogP contribution in [0.3, 0.4) is 0 Å². The van der Waals surface area contributed by atoms with Crippen LogP contribution >= 0.6 is 11.3 Å². The smallest absolute Gasteiger partial charge is 0.255 e. The standard InChI is InChI=1S/C27H25N7OS/c35-26(31-27-29-12-15-36-27)25(19-4-2-1-3-5-19)34-18-22-7-6-20(16-23(22)32-34)21-8-9-24(30-17-21)33-13-10-28-11-14-33/h1-9,12,15-18,25,28H,10-11,13-14H2,(H,29,31,35)/t25-/m1/s1. The molecule has 1 atom stereocenters. The molecule has 1 aliphatic rings. The van der Waals surface area contributed by atoms with Gasteiger partial charge in [0.15, 0.2) is 11.2 Å². The fourth-order valence-corrected chi connectivity index (χ4v) is 5.04. The number of nitrogens with zero attached hydrogens (tertiary/aromatic N) is 5. The van der Waals surface area contributed by atoms with Gasteiger partial charge in [-0.2, -0.15) is 5.10 Å². The number of benzene rings is 2. The molecule has 2 aromatic carbocycles. The average molecular weight is 496 g/mol. The third-order valence-electron chi connectivity index (χ3n) is 6.34. The van der Waals surface area contributed by atoms with Crippen LogP contribution in [0.5, 0.6) is 0 Å². The molecular formula is C27H25N7OS. The van der Waals surface area contributed by atoms with Crippen LogP contribution in [0.15, 0.2) is 84.6 Å². The van der Waals surface area contributed by atoms with Crippen molar-refractivity contribution in [2.45, 2.75) is 6.04 Å². The molecule has 1 amide bonds. The number of nitrogens with one attached hydrogen (secondary N) is 2. The van der Waals surface area contributed by atoms with Gasteiger partial charge in [-0.1, -0.05) is 42.5 Å². The summed E-state index contributed by atoms with van der Waals surface area (Å²) in [6.07, 6.45) is 5.51. The summed E-state index contributed by atoms with van der Waals surface area (Å²) in [5.41, 5.74) is 3.75. The summed E-state index contributed by atoms with van der Waals surface area (Å²) in [4.78, 5) is 24.5. The lowest BCUT2D eigenvalue weighted by Crippen LogP contribution is -2.43. The molecule has 180 valence electrons. The second kappa shape index (κ2) is 9.88. The van der Waals surface area contributed by atoms with E-state index in [4.69, 9.17) is 10.1 Å². The predicted molar refractivity (Wildman–Crippen MR) is 143 cm³/mol. The number of anilines is 2. The Labute approximate surface area is 212 Å². The number of pyridine rings is 1. The number of piperazine rings is 1. The normalized spacial score (nSPS) is 14.6. The van der Waals surface area contributed by atoms with Crippen molar-refractivity contribution in [1.82, 2.24) is 25.1 Å². The highest BCUT2D eigenvalue weighted by molar-refractivity contribution is 7.13. The molecule has 1 fully saturated rings. The van der Waals surface area contributed by atoms with Gasteiger partial charge in [0.2, 0.25) is 0 Å². The Morgan fingerprint density at radius 2 is 1.83 bits per heavy atom. The Bertz CT molecular complexity index is 1460. The minimum atomic E-state index is -0.620. The van der Waals surface area contributed by atoms with Crippen molar-refractivity contribution < 1.29 is 4.79 Å². The summed E-state index contributed by atoms with van der Waals surface area (Å²) in [5, 5.41) is 14.5. The minimum absolute atomic E-state index is 0.183. The van der Waals surface area contributed by atoms with Crippen molar-refractivity contribution in [3.05, 3.63) is 90.2 Å². The van der Waals surface area contributed by atoms with Crippen LogP contribution in [0.2, 0.25) is 0 Å². The molecule has 9 heteroatoms. The molecule has 1 saturated heterocycles. The SMILES string of the molecule is O=C(Nc1nccs1)[C@@H](c1ccccc1)n1cc2ccc(-c3ccc(N4CCNCC4)nc3)cc2n1. The number of hydrogen-bond acceptors (Lipinski definition) is 7. The van der Waals surface area contributed by atoms with Crippen molar-refractivity contribution in [1.29, 1.82) is 0 Å². The van der Waals surface area contributed by atoms with E-state index < -0.39 is 6.04 Å². The van der Waals surface area contributed by atoms with Gasteiger partial charge in [0, 0.05) is 61.1 Å². The molecule has 0 unspecified atom stereocenters. The molecule has 0 saturated carbocycles. The quantitative estimate of drug-likeness (QED) is 0.367. The Kier molecular flexibility index (Phi) is 6.15. The summed E-state index contributed by atoms with van der Waals surface area (Å²) >= 11 is 1.39. The molecular weight excluding hydrogens is 470 g/mol. The fraction of sp³-hybridized carbons (Fsp3) is 0.185. The Morgan fingerprint density at radius 3 is 2.58 bits per heavy atom. The van der Waals surface area contributed by atoms with Gasteiger partial charge in [0.25, 0.3) is 5.91 Å². The molecule has 5 aromatic rings. The second-order valence-electron chi connectivity index (χ2n) is 8.66. The number of thiazole rings is 1. The van der Waals surface area contributed by atoms with E-state index in [1.165, 1.54) is 11.3 Å². The number of fused-ring (bicyclic) bond motifs is 1. The number of hydrogen-bond donors (Lipinski definition) is 2. The summed E-state index contributed by atoms with van der Waals surface area (Å²) in [5.74, 6) is 0.819. The molecule has 6 rings (SSSR count). The molecule has 2 N–H and O–H groups in total. The number of carbonyl (C=O) groups is 1. The highest BCUT2D eigenvalue weighted by Crippen LogP contribution is 2.28. The van der Waals surface area contributed by atoms with Crippen LogP contribution in [0.25, 0.3) is 22.0 Å². The van der Waals surface area contributed by atoms with Crippen molar-refractivity contribution in [3.63, 3.8) is 0 Å². The van der Waals surface area contributed by atoms with Gasteiger partial charge < -0.3 is 10.2 Å². The van der Waals surface area contributed by atoms with Crippen molar-refractivity contribution in [3.8, 4) is 11.1 Å². The maximum atomic E-state index is 13.3. The predicted octanol–water partition coefficient (Wildman–Crippen LogP) is 4.19.